The van der Waals surface area contributed by atoms with Gasteiger partial charge in [0.05, 0.1) is 6.04 Å². The Hall–Kier alpha value is -1.87. The van der Waals surface area contributed by atoms with Gasteiger partial charge in [0.25, 0.3) is 0 Å². The molecule has 0 saturated heterocycles. The zero-order valence-electron chi connectivity index (χ0n) is 12.8. The van der Waals surface area contributed by atoms with Crippen molar-refractivity contribution in [2.75, 3.05) is 13.7 Å². The molecule has 0 saturated carbocycles. The molecule has 2 aromatic rings. The van der Waals surface area contributed by atoms with E-state index in [-0.39, 0.29) is 11.9 Å². The molecule has 1 unspecified atom stereocenters. The molecule has 3 heteroatoms. The van der Waals surface area contributed by atoms with Crippen molar-refractivity contribution in [2.24, 2.45) is 0 Å². The number of hydrogen-bond donors (Lipinski definition) is 1. The van der Waals surface area contributed by atoms with E-state index in [1.165, 1.54) is 5.56 Å². The van der Waals surface area contributed by atoms with Gasteiger partial charge >= 0.3 is 0 Å². The van der Waals surface area contributed by atoms with Crippen LogP contribution in [0.1, 0.15) is 29.7 Å². The number of rotatable bonds is 6. The second-order valence-electron chi connectivity index (χ2n) is 5.13. The van der Waals surface area contributed by atoms with Gasteiger partial charge < -0.3 is 10.1 Å². The summed E-state index contributed by atoms with van der Waals surface area (Å²) in [7, 11) is 1.88. The van der Waals surface area contributed by atoms with Gasteiger partial charge in [0.2, 0.25) is 0 Å². The maximum absolute atomic E-state index is 13.9. The van der Waals surface area contributed by atoms with E-state index in [1.807, 2.05) is 7.05 Å². The third-order valence-corrected chi connectivity index (χ3v) is 3.70. The molecule has 2 aromatic carbocycles. The summed E-state index contributed by atoms with van der Waals surface area (Å²) in [6, 6.07) is 13.7. The zero-order chi connectivity index (χ0) is 15.2. The summed E-state index contributed by atoms with van der Waals surface area (Å²) in [4.78, 5) is 0. The molecular formula is C18H22FNO. The quantitative estimate of drug-likeness (QED) is 0.866. The van der Waals surface area contributed by atoms with Crippen LogP contribution in [-0.2, 0) is 6.42 Å². The molecule has 2 rings (SSSR count). The Morgan fingerprint density at radius 3 is 2.48 bits per heavy atom. The van der Waals surface area contributed by atoms with Crippen LogP contribution in [0.25, 0.3) is 0 Å². The Morgan fingerprint density at radius 2 is 1.86 bits per heavy atom. The molecule has 112 valence electrons. The molecule has 0 spiro atoms. The fraction of sp³-hybridized carbons (Fsp3) is 0.333. The number of hydrogen-bond acceptors (Lipinski definition) is 2. The van der Waals surface area contributed by atoms with E-state index in [0.29, 0.717) is 17.9 Å². The predicted octanol–water partition coefficient (Wildman–Crippen LogP) is 4.04. The first-order chi connectivity index (χ1) is 10.2. The van der Waals surface area contributed by atoms with E-state index < -0.39 is 0 Å². The number of benzene rings is 2. The molecule has 0 aromatic heterocycles. The smallest absolute Gasteiger partial charge is 0.167 e. The summed E-state index contributed by atoms with van der Waals surface area (Å²) < 4.78 is 19.6. The van der Waals surface area contributed by atoms with Gasteiger partial charge in [0, 0.05) is 0 Å². The molecule has 0 amide bonds. The lowest BCUT2D eigenvalue weighted by Gasteiger charge is -2.18. The highest BCUT2D eigenvalue weighted by molar-refractivity contribution is 5.30. The number of likely N-dealkylation sites (N-methyl/N-ethyl adjacent to an activating group) is 1. The van der Waals surface area contributed by atoms with Gasteiger partial charge in [0.15, 0.2) is 11.6 Å². The van der Waals surface area contributed by atoms with Gasteiger partial charge in [-0.25, -0.2) is 4.39 Å². The van der Waals surface area contributed by atoms with Gasteiger partial charge in [-0.15, -0.1) is 0 Å². The van der Waals surface area contributed by atoms with Crippen LogP contribution >= 0.6 is 0 Å². The van der Waals surface area contributed by atoms with Crippen LogP contribution in [-0.4, -0.2) is 13.7 Å². The molecule has 0 fully saturated rings. The lowest BCUT2D eigenvalue weighted by atomic mass is 10.0. The number of ether oxygens (including phenoxy) is 1. The number of halogens is 1. The van der Waals surface area contributed by atoms with Crippen LogP contribution in [0.4, 0.5) is 4.39 Å². The molecule has 0 bridgehead atoms. The topological polar surface area (TPSA) is 21.3 Å². The molecule has 0 aliphatic heterocycles. The number of nitrogens with one attached hydrogen (secondary N) is 1. The zero-order valence-corrected chi connectivity index (χ0v) is 12.8. The van der Waals surface area contributed by atoms with Crippen molar-refractivity contribution >= 4 is 0 Å². The van der Waals surface area contributed by atoms with Crippen molar-refractivity contribution in [1.29, 1.82) is 0 Å². The fourth-order valence-electron chi connectivity index (χ4n) is 2.24. The maximum Gasteiger partial charge on any atom is 0.167 e. The molecule has 0 aliphatic carbocycles. The monoisotopic (exact) mass is 287 g/mol. The van der Waals surface area contributed by atoms with Crippen LogP contribution in [0.3, 0.4) is 0 Å². The largest absolute Gasteiger partial charge is 0.489 e. The van der Waals surface area contributed by atoms with Crippen molar-refractivity contribution in [3.8, 4) is 5.75 Å². The highest BCUT2D eigenvalue weighted by atomic mass is 19.1. The van der Waals surface area contributed by atoms with Crippen molar-refractivity contribution in [3.05, 3.63) is 65.0 Å². The van der Waals surface area contributed by atoms with Crippen LogP contribution in [0.5, 0.6) is 5.75 Å². The third-order valence-electron chi connectivity index (χ3n) is 3.70. The summed E-state index contributed by atoms with van der Waals surface area (Å²) in [5.41, 5.74) is 3.04. The fourth-order valence-corrected chi connectivity index (χ4v) is 2.24. The summed E-state index contributed by atoms with van der Waals surface area (Å²) >= 11 is 0. The van der Waals surface area contributed by atoms with Crippen molar-refractivity contribution < 1.29 is 9.13 Å². The standard InChI is InChI=1S/C18H22FNO/c1-4-14-8-10-15(11-9-14)16(20-3)12-21-17-7-5-6-13(2)18(17)19/h5-11,16,20H,4,12H2,1-3H3. The van der Waals surface area contributed by atoms with Crippen LogP contribution in [0, 0.1) is 12.7 Å². The third kappa shape index (κ3) is 3.82. The Kier molecular flexibility index (Phi) is 5.34. The van der Waals surface area contributed by atoms with E-state index in [4.69, 9.17) is 4.74 Å². The minimum absolute atomic E-state index is 0.0378. The summed E-state index contributed by atoms with van der Waals surface area (Å²) in [5.74, 6) is 0.0223. The first kappa shape index (κ1) is 15.5. The van der Waals surface area contributed by atoms with Crippen LogP contribution < -0.4 is 10.1 Å². The van der Waals surface area contributed by atoms with Crippen LogP contribution in [0.15, 0.2) is 42.5 Å². The van der Waals surface area contributed by atoms with E-state index in [1.54, 1.807) is 25.1 Å². The Bertz CT molecular complexity index is 580. The van der Waals surface area contributed by atoms with Crippen molar-refractivity contribution in [1.82, 2.24) is 5.32 Å². The van der Waals surface area contributed by atoms with Crippen LogP contribution in [0.2, 0.25) is 0 Å². The van der Waals surface area contributed by atoms with Crippen molar-refractivity contribution in [3.63, 3.8) is 0 Å². The summed E-state index contributed by atoms with van der Waals surface area (Å²) in [6.45, 7) is 4.26. The average Bonchev–Trinajstić information content (AvgIpc) is 2.52. The molecule has 0 aliphatic rings. The van der Waals surface area contributed by atoms with Gasteiger partial charge in [-0.3, -0.25) is 0 Å². The Labute approximate surface area is 126 Å². The average molecular weight is 287 g/mol. The molecular weight excluding hydrogens is 265 g/mol. The lowest BCUT2D eigenvalue weighted by Crippen LogP contribution is -2.23. The Morgan fingerprint density at radius 1 is 1.14 bits per heavy atom. The van der Waals surface area contributed by atoms with E-state index in [9.17, 15) is 4.39 Å². The van der Waals surface area contributed by atoms with E-state index >= 15 is 0 Å². The normalized spacial score (nSPS) is 12.2. The SMILES string of the molecule is CCc1ccc(C(COc2cccc(C)c2F)NC)cc1. The minimum Gasteiger partial charge on any atom is -0.489 e. The van der Waals surface area contributed by atoms with Gasteiger partial charge in [-0.2, -0.15) is 0 Å². The summed E-state index contributed by atoms with van der Waals surface area (Å²) in [6.07, 6.45) is 1.02. The van der Waals surface area contributed by atoms with Gasteiger partial charge in [-0.05, 0) is 43.1 Å². The Balaban J connectivity index is 2.06. The highest BCUT2D eigenvalue weighted by Crippen LogP contribution is 2.22. The molecule has 0 radical (unpaired) electrons. The lowest BCUT2D eigenvalue weighted by molar-refractivity contribution is 0.261. The molecule has 0 heterocycles. The summed E-state index contributed by atoms with van der Waals surface area (Å²) in [5, 5.41) is 3.21. The van der Waals surface area contributed by atoms with Gasteiger partial charge in [-0.1, -0.05) is 43.3 Å². The minimum atomic E-state index is -0.284. The van der Waals surface area contributed by atoms with E-state index in [2.05, 4.69) is 36.5 Å². The predicted molar refractivity (Wildman–Crippen MR) is 84.3 cm³/mol. The molecule has 21 heavy (non-hydrogen) atoms. The first-order valence-electron chi connectivity index (χ1n) is 7.29. The second-order valence-corrected chi connectivity index (χ2v) is 5.13. The highest BCUT2D eigenvalue weighted by Gasteiger charge is 2.12. The molecule has 2 nitrogen and oxygen atoms in total. The number of aryl methyl sites for hydroxylation is 2. The maximum atomic E-state index is 13.9. The van der Waals surface area contributed by atoms with E-state index in [0.717, 1.165) is 12.0 Å². The first-order valence-corrected chi connectivity index (χ1v) is 7.29. The van der Waals surface area contributed by atoms with Crippen molar-refractivity contribution in [2.45, 2.75) is 26.3 Å². The molecule has 1 N–H and O–H groups in total. The van der Waals surface area contributed by atoms with Gasteiger partial charge in [0.1, 0.15) is 6.61 Å². The second kappa shape index (κ2) is 7.23. The molecule has 1 atom stereocenters.